The number of carbonyl (C=O) groups is 1. The van der Waals surface area contributed by atoms with E-state index in [1.54, 1.807) is 0 Å². The van der Waals surface area contributed by atoms with Gasteiger partial charge in [0, 0.05) is 6.42 Å². The second-order valence-corrected chi connectivity index (χ2v) is 17.4. The molecule has 0 spiro atoms. The molecule has 0 bridgehead atoms. The summed E-state index contributed by atoms with van der Waals surface area (Å²) in [6.07, 6.45) is 57.3. The predicted octanol–water partition coefficient (Wildman–Crippen LogP) is 14.9. The van der Waals surface area contributed by atoms with Crippen molar-refractivity contribution in [1.82, 2.24) is 5.32 Å². The van der Waals surface area contributed by atoms with E-state index in [0.717, 1.165) is 38.5 Å². The Morgan fingerprint density at radius 1 is 0.446 bits per heavy atom. The molecule has 4 N–H and O–H groups in total. The van der Waals surface area contributed by atoms with Crippen molar-refractivity contribution in [2.24, 2.45) is 0 Å². The summed E-state index contributed by atoms with van der Waals surface area (Å²) in [6, 6.07) is -0.810. The minimum atomic E-state index is -1.14. The zero-order valence-electron chi connectivity index (χ0n) is 37.8. The lowest BCUT2D eigenvalue weighted by Crippen LogP contribution is -2.50. The van der Waals surface area contributed by atoms with E-state index in [1.165, 1.54) is 205 Å². The Kier molecular flexibility index (Phi) is 45.5. The minimum Gasteiger partial charge on any atom is -0.394 e. The number of rotatable bonds is 46. The van der Waals surface area contributed by atoms with Gasteiger partial charge in [-0.2, -0.15) is 0 Å². The van der Waals surface area contributed by atoms with Crippen LogP contribution in [-0.2, 0) is 4.79 Å². The first-order valence-corrected chi connectivity index (χ1v) is 25.1. The van der Waals surface area contributed by atoms with Crippen LogP contribution in [0.15, 0.2) is 24.3 Å². The number of hydrogen-bond acceptors (Lipinski definition) is 4. The fourth-order valence-corrected chi connectivity index (χ4v) is 7.92. The quantitative estimate of drug-likeness (QED) is 0.0365. The van der Waals surface area contributed by atoms with Gasteiger partial charge in [0.2, 0.25) is 5.91 Å². The smallest absolute Gasteiger partial charge is 0.220 e. The maximum Gasteiger partial charge on any atom is 0.220 e. The molecule has 0 rings (SSSR count). The van der Waals surface area contributed by atoms with Crippen molar-refractivity contribution < 1.29 is 20.1 Å². The largest absolute Gasteiger partial charge is 0.394 e. The van der Waals surface area contributed by atoms with Crippen LogP contribution in [0.4, 0.5) is 0 Å². The van der Waals surface area contributed by atoms with Crippen molar-refractivity contribution in [1.29, 1.82) is 0 Å². The Bertz CT molecular complexity index is 829. The minimum absolute atomic E-state index is 0.146. The molecular formula is C51H99NO4. The predicted molar refractivity (Wildman–Crippen MR) is 245 cm³/mol. The summed E-state index contributed by atoms with van der Waals surface area (Å²) in [4.78, 5) is 12.5. The molecule has 0 aliphatic carbocycles. The van der Waals surface area contributed by atoms with E-state index in [2.05, 4.69) is 43.5 Å². The van der Waals surface area contributed by atoms with Gasteiger partial charge >= 0.3 is 0 Å². The number of aliphatic hydroxyl groups excluding tert-OH is 3. The van der Waals surface area contributed by atoms with Gasteiger partial charge in [-0.3, -0.25) is 4.79 Å². The number of amides is 1. The third kappa shape index (κ3) is 41.0. The molecule has 0 aromatic heterocycles. The molecule has 0 saturated carbocycles. The van der Waals surface area contributed by atoms with Gasteiger partial charge < -0.3 is 20.6 Å². The van der Waals surface area contributed by atoms with E-state index in [4.69, 9.17) is 0 Å². The highest BCUT2D eigenvalue weighted by atomic mass is 16.3. The zero-order valence-corrected chi connectivity index (χ0v) is 37.8. The Hall–Kier alpha value is -1.17. The number of aliphatic hydroxyl groups is 3. The van der Waals surface area contributed by atoms with Crippen LogP contribution in [-0.4, -0.2) is 46.1 Å². The first-order valence-electron chi connectivity index (χ1n) is 25.1. The van der Waals surface area contributed by atoms with E-state index in [0.29, 0.717) is 12.8 Å². The molecule has 0 aromatic carbocycles. The maximum absolute atomic E-state index is 12.5. The molecule has 0 fully saturated rings. The van der Waals surface area contributed by atoms with Gasteiger partial charge in [0.15, 0.2) is 0 Å². The van der Waals surface area contributed by atoms with E-state index >= 15 is 0 Å². The summed E-state index contributed by atoms with van der Waals surface area (Å²) in [7, 11) is 0. The summed E-state index contributed by atoms with van der Waals surface area (Å²) in [5.74, 6) is -0.146. The highest BCUT2D eigenvalue weighted by molar-refractivity contribution is 5.76. The Balaban J connectivity index is 3.56. The fraction of sp³-hybridized carbons (Fsp3) is 0.902. The molecule has 332 valence electrons. The first kappa shape index (κ1) is 54.8. The monoisotopic (exact) mass is 790 g/mol. The number of unbranched alkanes of at least 4 members (excludes halogenated alkanes) is 35. The lowest BCUT2D eigenvalue weighted by molar-refractivity contribution is -0.124. The average Bonchev–Trinajstić information content (AvgIpc) is 3.20. The van der Waals surface area contributed by atoms with Gasteiger partial charge in [-0.25, -0.2) is 0 Å². The van der Waals surface area contributed by atoms with Gasteiger partial charge in [-0.1, -0.05) is 250 Å². The second-order valence-electron chi connectivity index (χ2n) is 17.4. The lowest BCUT2D eigenvalue weighted by atomic mass is 9.99. The molecule has 0 radical (unpaired) electrons. The summed E-state index contributed by atoms with van der Waals surface area (Å²) < 4.78 is 0. The van der Waals surface area contributed by atoms with Gasteiger partial charge in [-0.05, 0) is 38.5 Å². The summed E-state index contributed by atoms with van der Waals surface area (Å²) in [5.41, 5.74) is 0. The molecule has 3 unspecified atom stereocenters. The van der Waals surface area contributed by atoms with Crippen molar-refractivity contribution in [2.75, 3.05) is 6.61 Å². The van der Waals surface area contributed by atoms with Crippen LogP contribution >= 0.6 is 0 Å². The third-order valence-electron chi connectivity index (χ3n) is 11.8. The maximum atomic E-state index is 12.5. The van der Waals surface area contributed by atoms with Crippen molar-refractivity contribution >= 4 is 5.91 Å². The van der Waals surface area contributed by atoms with Gasteiger partial charge in [0.25, 0.3) is 0 Å². The average molecular weight is 790 g/mol. The van der Waals surface area contributed by atoms with E-state index in [9.17, 15) is 20.1 Å². The number of carbonyl (C=O) groups excluding carboxylic acids is 1. The van der Waals surface area contributed by atoms with Crippen LogP contribution in [0.1, 0.15) is 271 Å². The van der Waals surface area contributed by atoms with E-state index in [1.807, 2.05) is 0 Å². The molecule has 5 nitrogen and oxygen atoms in total. The van der Waals surface area contributed by atoms with Crippen molar-refractivity contribution in [2.45, 2.75) is 289 Å². The zero-order chi connectivity index (χ0) is 40.8. The molecule has 1 amide bonds. The summed E-state index contributed by atoms with van der Waals surface area (Å²) in [5, 5.41) is 33.7. The molecule has 3 atom stereocenters. The number of allylic oxidation sites excluding steroid dienone is 4. The van der Waals surface area contributed by atoms with Gasteiger partial charge in [0.05, 0.1) is 18.8 Å². The van der Waals surface area contributed by atoms with Gasteiger partial charge in [-0.15, -0.1) is 0 Å². The fourth-order valence-electron chi connectivity index (χ4n) is 7.92. The summed E-state index contributed by atoms with van der Waals surface area (Å²) in [6.45, 7) is 4.17. The highest BCUT2D eigenvalue weighted by Gasteiger charge is 2.26. The molecule has 0 heterocycles. The second kappa shape index (κ2) is 46.5. The molecule has 5 heteroatoms. The Morgan fingerprint density at radius 2 is 0.750 bits per heavy atom. The molecular weight excluding hydrogens is 691 g/mol. The Morgan fingerprint density at radius 3 is 1.12 bits per heavy atom. The molecule has 0 aliphatic rings. The van der Waals surface area contributed by atoms with Crippen LogP contribution in [0.5, 0.6) is 0 Å². The normalized spacial score (nSPS) is 13.6. The van der Waals surface area contributed by atoms with Crippen molar-refractivity contribution in [3.63, 3.8) is 0 Å². The molecule has 56 heavy (non-hydrogen) atoms. The SMILES string of the molecule is CCCCC/C=C\C=C/CCCCCCCCCCCCC(=O)NC(CO)C(O)C(O)CCCCCCCCCCCCCCCCCCCCCCCCC. The topological polar surface area (TPSA) is 89.8 Å². The third-order valence-corrected chi connectivity index (χ3v) is 11.8. The van der Waals surface area contributed by atoms with E-state index < -0.39 is 18.2 Å². The van der Waals surface area contributed by atoms with Crippen LogP contribution in [0, 0.1) is 0 Å². The first-order chi connectivity index (χ1) is 27.6. The molecule has 0 aromatic rings. The summed E-state index contributed by atoms with van der Waals surface area (Å²) >= 11 is 0. The molecule has 0 aliphatic heterocycles. The van der Waals surface area contributed by atoms with Crippen LogP contribution in [0.25, 0.3) is 0 Å². The highest BCUT2D eigenvalue weighted by Crippen LogP contribution is 2.17. The van der Waals surface area contributed by atoms with Gasteiger partial charge in [0.1, 0.15) is 6.10 Å². The van der Waals surface area contributed by atoms with Crippen LogP contribution in [0.2, 0.25) is 0 Å². The van der Waals surface area contributed by atoms with Crippen LogP contribution < -0.4 is 5.32 Å². The Labute approximate surface area is 350 Å². The standard InChI is InChI=1S/C51H99NO4/c1-3-5-7-9-11-13-15-17-19-21-23-24-25-26-28-29-31-33-35-37-39-41-43-45-49(54)51(56)48(47-53)52-50(55)46-44-42-40-38-36-34-32-30-27-22-20-18-16-14-12-10-8-6-4-2/h12,14,16,18,48-49,51,53-54,56H,3-11,13,15,17,19-47H2,1-2H3,(H,52,55)/b14-12-,18-16-. The van der Waals surface area contributed by atoms with E-state index in [-0.39, 0.29) is 12.5 Å². The number of hydrogen-bond donors (Lipinski definition) is 4. The van der Waals surface area contributed by atoms with Crippen molar-refractivity contribution in [3.8, 4) is 0 Å². The van der Waals surface area contributed by atoms with Crippen LogP contribution in [0.3, 0.4) is 0 Å². The molecule has 0 saturated heterocycles. The lowest BCUT2D eigenvalue weighted by Gasteiger charge is -2.26. The number of nitrogens with one attached hydrogen (secondary N) is 1. The van der Waals surface area contributed by atoms with Crippen molar-refractivity contribution in [3.05, 3.63) is 24.3 Å².